The van der Waals surface area contributed by atoms with Crippen molar-refractivity contribution in [3.05, 3.63) is 0 Å². The Morgan fingerprint density at radius 2 is 0.880 bits per heavy atom. The Morgan fingerprint density at radius 1 is 0.520 bits per heavy atom. The molecule has 0 aliphatic heterocycles. The molecule has 0 aromatic heterocycles. The zero-order valence-electron chi connectivity index (χ0n) is 17.9. The highest BCUT2D eigenvalue weighted by atomic mass is 15.2. The van der Waals surface area contributed by atoms with Crippen LogP contribution in [0.2, 0.25) is 0 Å². The van der Waals surface area contributed by atoms with E-state index in [0.717, 1.165) is 6.04 Å². The second kappa shape index (κ2) is 15.0. The van der Waals surface area contributed by atoms with Gasteiger partial charge in [-0.3, -0.25) is 0 Å². The highest BCUT2D eigenvalue weighted by Gasteiger charge is 2.18. The summed E-state index contributed by atoms with van der Waals surface area (Å²) in [5.74, 6) is 0. The van der Waals surface area contributed by atoms with Crippen LogP contribution in [0.3, 0.4) is 0 Å². The second-order valence-corrected chi connectivity index (χ2v) is 8.76. The van der Waals surface area contributed by atoms with Crippen molar-refractivity contribution in [1.82, 2.24) is 14.7 Å². The lowest BCUT2D eigenvalue weighted by Gasteiger charge is -2.33. The highest BCUT2D eigenvalue weighted by molar-refractivity contribution is 4.74. The Balaban J connectivity index is 2.53. The number of nitrogens with zero attached hydrogens (tertiary/aromatic N) is 3. The molecule has 0 bridgehead atoms. The molecule has 0 heterocycles. The molecule has 3 nitrogen and oxygen atoms in total. The second-order valence-electron chi connectivity index (χ2n) is 8.76. The van der Waals surface area contributed by atoms with Gasteiger partial charge in [0.2, 0.25) is 0 Å². The average Bonchev–Trinajstić information content (AvgIpc) is 2.53. The van der Waals surface area contributed by atoms with Crippen molar-refractivity contribution in [1.29, 1.82) is 0 Å². The van der Waals surface area contributed by atoms with Crippen LogP contribution in [0.15, 0.2) is 0 Å². The zero-order valence-corrected chi connectivity index (χ0v) is 17.9. The standard InChI is InChI=1S/C22H47N3/c1-23(2)18-14-20-25(21-15-19-24(3)4)22-16-12-10-8-6-5-7-9-11-13-17-22/h22H,5-21H2,1-4H3. The molecule has 0 aromatic carbocycles. The molecule has 1 aliphatic rings. The first kappa shape index (κ1) is 22.9. The molecule has 0 N–H and O–H groups in total. The van der Waals surface area contributed by atoms with Crippen LogP contribution in [-0.2, 0) is 0 Å². The van der Waals surface area contributed by atoms with Crippen LogP contribution in [0.25, 0.3) is 0 Å². The van der Waals surface area contributed by atoms with Crippen molar-refractivity contribution in [2.24, 2.45) is 0 Å². The Hall–Kier alpha value is -0.120. The SMILES string of the molecule is CN(C)CCCN(CCCN(C)C)C1CCCCCCCCCCC1. The maximum Gasteiger partial charge on any atom is 0.00952 e. The predicted octanol–water partition coefficient (Wildman–Crippen LogP) is 4.87. The van der Waals surface area contributed by atoms with E-state index in [2.05, 4.69) is 42.9 Å². The summed E-state index contributed by atoms with van der Waals surface area (Å²) in [7, 11) is 8.80. The van der Waals surface area contributed by atoms with Crippen LogP contribution in [0, 0.1) is 0 Å². The fraction of sp³-hybridized carbons (Fsp3) is 1.00. The maximum absolute atomic E-state index is 2.86. The third-order valence-corrected chi connectivity index (χ3v) is 5.69. The summed E-state index contributed by atoms with van der Waals surface area (Å²) in [6, 6.07) is 0.837. The maximum atomic E-state index is 2.86. The molecule has 1 aliphatic carbocycles. The molecule has 0 spiro atoms. The van der Waals surface area contributed by atoms with Gasteiger partial charge in [0.1, 0.15) is 0 Å². The molecule has 0 aromatic rings. The third-order valence-electron chi connectivity index (χ3n) is 5.69. The summed E-state index contributed by atoms with van der Waals surface area (Å²) in [5.41, 5.74) is 0. The van der Waals surface area contributed by atoms with Crippen LogP contribution in [-0.4, -0.2) is 75.1 Å². The summed E-state index contributed by atoms with van der Waals surface area (Å²) in [6.45, 7) is 5.01. The van der Waals surface area contributed by atoms with Gasteiger partial charge in [-0.05, 0) is 80.1 Å². The van der Waals surface area contributed by atoms with Gasteiger partial charge in [-0.1, -0.05) is 57.8 Å². The van der Waals surface area contributed by atoms with Crippen LogP contribution < -0.4 is 0 Å². The Labute approximate surface area is 159 Å². The van der Waals surface area contributed by atoms with Gasteiger partial charge in [0, 0.05) is 6.04 Å². The van der Waals surface area contributed by atoms with E-state index in [9.17, 15) is 0 Å². The van der Waals surface area contributed by atoms with E-state index in [1.54, 1.807) is 0 Å². The van der Waals surface area contributed by atoms with E-state index < -0.39 is 0 Å². The summed E-state index contributed by atoms with van der Waals surface area (Å²) >= 11 is 0. The third kappa shape index (κ3) is 12.8. The normalized spacial score (nSPS) is 19.3. The monoisotopic (exact) mass is 353 g/mol. The summed E-state index contributed by atoms with van der Waals surface area (Å²) < 4.78 is 0. The van der Waals surface area contributed by atoms with E-state index >= 15 is 0 Å². The highest BCUT2D eigenvalue weighted by Crippen LogP contribution is 2.21. The van der Waals surface area contributed by atoms with Crippen molar-refractivity contribution in [2.45, 2.75) is 89.5 Å². The molecule has 0 unspecified atom stereocenters. The minimum Gasteiger partial charge on any atom is -0.309 e. The van der Waals surface area contributed by atoms with Gasteiger partial charge >= 0.3 is 0 Å². The van der Waals surface area contributed by atoms with Crippen molar-refractivity contribution in [3.63, 3.8) is 0 Å². The van der Waals surface area contributed by atoms with E-state index in [1.807, 2.05) is 0 Å². The number of hydrogen-bond acceptors (Lipinski definition) is 3. The quantitative estimate of drug-likeness (QED) is 0.586. The van der Waals surface area contributed by atoms with E-state index in [0.29, 0.717) is 0 Å². The Morgan fingerprint density at radius 3 is 1.24 bits per heavy atom. The minimum absolute atomic E-state index is 0.837. The molecule has 1 rings (SSSR count). The van der Waals surface area contributed by atoms with Crippen LogP contribution in [0.1, 0.15) is 83.5 Å². The van der Waals surface area contributed by atoms with Gasteiger partial charge in [0.05, 0.1) is 0 Å². The van der Waals surface area contributed by atoms with Crippen molar-refractivity contribution in [2.75, 3.05) is 54.4 Å². The summed E-state index contributed by atoms with van der Waals surface area (Å²) in [6.07, 6.45) is 18.7. The first-order chi connectivity index (χ1) is 12.1. The van der Waals surface area contributed by atoms with Crippen molar-refractivity contribution in [3.8, 4) is 0 Å². The predicted molar refractivity (Wildman–Crippen MR) is 112 cm³/mol. The van der Waals surface area contributed by atoms with E-state index in [4.69, 9.17) is 0 Å². The number of hydrogen-bond donors (Lipinski definition) is 0. The lowest BCUT2D eigenvalue weighted by atomic mass is 9.96. The lowest BCUT2D eigenvalue weighted by Crippen LogP contribution is -2.39. The molecule has 0 amide bonds. The van der Waals surface area contributed by atoms with Crippen molar-refractivity contribution < 1.29 is 0 Å². The topological polar surface area (TPSA) is 9.72 Å². The van der Waals surface area contributed by atoms with Gasteiger partial charge in [-0.25, -0.2) is 0 Å². The van der Waals surface area contributed by atoms with E-state index in [1.165, 1.54) is 110 Å². The minimum atomic E-state index is 0.837. The van der Waals surface area contributed by atoms with Gasteiger partial charge in [-0.2, -0.15) is 0 Å². The van der Waals surface area contributed by atoms with Gasteiger partial charge in [0.25, 0.3) is 0 Å². The van der Waals surface area contributed by atoms with Gasteiger partial charge in [0.15, 0.2) is 0 Å². The Bertz CT molecular complexity index is 265. The first-order valence-corrected chi connectivity index (χ1v) is 11.1. The average molecular weight is 354 g/mol. The van der Waals surface area contributed by atoms with E-state index in [-0.39, 0.29) is 0 Å². The molecular weight excluding hydrogens is 306 g/mol. The Kier molecular flexibility index (Phi) is 13.7. The molecular formula is C22H47N3. The van der Waals surface area contributed by atoms with Crippen molar-refractivity contribution >= 4 is 0 Å². The van der Waals surface area contributed by atoms with Crippen LogP contribution in [0.4, 0.5) is 0 Å². The summed E-state index contributed by atoms with van der Waals surface area (Å²) in [5, 5.41) is 0. The fourth-order valence-corrected chi connectivity index (χ4v) is 4.16. The number of rotatable bonds is 9. The molecule has 1 saturated carbocycles. The van der Waals surface area contributed by atoms with Gasteiger partial charge in [-0.15, -0.1) is 0 Å². The molecule has 25 heavy (non-hydrogen) atoms. The molecule has 0 atom stereocenters. The molecule has 150 valence electrons. The largest absolute Gasteiger partial charge is 0.309 e. The van der Waals surface area contributed by atoms with Gasteiger partial charge < -0.3 is 14.7 Å². The molecule has 3 heteroatoms. The smallest absolute Gasteiger partial charge is 0.00952 e. The fourth-order valence-electron chi connectivity index (χ4n) is 4.16. The first-order valence-electron chi connectivity index (χ1n) is 11.1. The molecule has 1 fully saturated rings. The lowest BCUT2D eigenvalue weighted by molar-refractivity contribution is 0.156. The molecule has 0 radical (unpaired) electrons. The molecule has 0 saturated heterocycles. The summed E-state index contributed by atoms with van der Waals surface area (Å²) in [4.78, 5) is 7.52. The van der Waals surface area contributed by atoms with Crippen LogP contribution >= 0.6 is 0 Å². The van der Waals surface area contributed by atoms with Crippen LogP contribution in [0.5, 0.6) is 0 Å². The zero-order chi connectivity index (χ0) is 18.3.